The van der Waals surface area contributed by atoms with Crippen LogP contribution >= 0.6 is 0 Å². The summed E-state index contributed by atoms with van der Waals surface area (Å²) in [5, 5.41) is 15.1. The molecule has 2 aromatic carbocycles. The summed E-state index contributed by atoms with van der Waals surface area (Å²) in [4.78, 5) is 22.6. The number of anilines is 1. The summed E-state index contributed by atoms with van der Waals surface area (Å²) in [6, 6.07) is 19.2. The Labute approximate surface area is 192 Å². The van der Waals surface area contributed by atoms with Gasteiger partial charge in [0.25, 0.3) is 5.91 Å². The lowest BCUT2D eigenvalue weighted by Gasteiger charge is -2.36. The topological polar surface area (TPSA) is 74.5 Å². The second kappa shape index (κ2) is 8.58. The van der Waals surface area contributed by atoms with Gasteiger partial charge in [0.05, 0.1) is 22.8 Å². The number of aromatic nitrogens is 3. The Bertz CT molecular complexity index is 1290. The van der Waals surface area contributed by atoms with Gasteiger partial charge in [0.2, 0.25) is 0 Å². The SMILES string of the molecule is CC(C)n1ncc2c(C(=O)N3CCN(c4cccc(O)c4)CC3)cc(-c3ccccc3)nc21. The van der Waals surface area contributed by atoms with E-state index in [1.54, 1.807) is 18.3 Å². The molecule has 2 aromatic heterocycles. The van der Waals surface area contributed by atoms with Crippen molar-refractivity contribution in [2.24, 2.45) is 0 Å². The summed E-state index contributed by atoms with van der Waals surface area (Å²) < 4.78 is 1.87. The zero-order chi connectivity index (χ0) is 22.9. The number of nitrogens with zero attached hydrogens (tertiary/aromatic N) is 5. The second-order valence-corrected chi connectivity index (χ2v) is 8.64. The molecule has 5 rings (SSSR count). The fraction of sp³-hybridized carbons (Fsp3) is 0.269. The first-order chi connectivity index (χ1) is 16.0. The molecule has 4 aromatic rings. The van der Waals surface area contributed by atoms with Crippen molar-refractivity contribution in [3.63, 3.8) is 0 Å². The van der Waals surface area contributed by atoms with Gasteiger partial charge in [-0.2, -0.15) is 5.10 Å². The van der Waals surface area contributed by atoms with Gasteiger partial charge in [0.1, 0.15) is 5.75 Å². The van der Waals surface area contributed by atoms with Crippen LogP contribution in [0.3, 0.4) is 0 Å². The van der Waals surface area contributed by atoms with Gasteiger partial charge in [0, 0.05) is 49.5 Å². The van der Waals surface area contributed by atoms with E-state index in [0.29, 0.717) is 31.7 Å². The summed E-state index contributed by atoms with van der Waals surface area (Å²) in [5.41, 5.74) is 4.08. The van der Waals surface area contributed by atoms with E-state index in [1.807, 2.05) is 58.1 Å². The van der Waals surface area contributed by atoms with Crippen LogP contribution < -0.4 is 4.90 Å². The zero-order valence-electron chi connectivity index (χ0n) is 18.8. The van der Waals surface area contributed by atoms with Crippen molar-refractivity contribution in [3.05, 3.63) is 72.4 Å². The third kappa shape index (κ3) is 4.02. The van der Waals surface area contributed by atoms with Crippen LogP contribution in [0.15, 0.2) is 66.9 Å². The monoisotopic (exact) mass is 441 g/mol. The molecule has 0 saturated carbocycles. The molecule has 1 aliphatic heterocycles. The van der Waals surface area contributed by atoms with Crippen LogP contribution in [0, 0.1) is 0 Å². The van der Waals surface area contributed by atoms with E-state index < -0.39 is 0 Å². The average Bonchev–Trinajstić information content (AvgIpc) is 3.28. The standard InChI is InChI=1S/C26H27N5O2/c1-18(2)31-25-23(17-27-31)22(16-24(28-25)19-7-4-3-5-8-19)26(33)30-13-11-29(12-14-30)20-9-6-10-21(32)15-20/h3-10,15-18,32H,11-14H2,1-2H3. The van der Waals surface area contributed by atoms with Crippen LogP contribution in [0.4, 0.5) is 5.69 Å². The molecule has 0 bridgehead atoms. The molecule has 0 aliphatic carbocycles. The molecule has 1 aliphatic rings. The van der Waals surface area contributed by atoms with E-state index >= 15 is 0 Å². The minimum Gasteiger partial charge on any atom is -0.508 e. The molecule has 1 fully saturated rings. The molecule has 7 nitrogen and oxygen atoms in total. The van der Waals surface area contributed by atoms with Gasteiger partial charge in [-0.05, 0) is 32.0 Å². The lowest BCUT2D eigenvalue weighted by atomic mass is 10.1. The van der Waals surface area contributed by atoms with E-state index in [4.69, 9.17) is 4.98 Å². The number of phenolic OH excluding ortho intramolecular Hbond substituents is 1. The smallest absolute Gasteiger partial charge is 0.254 e. The lowest BCUT2D eigenvalue weighted by molar-refractivity contribution is 0.0748. The number of amides is 1. The highest BCUT2D eigenvalue weighted by Gasteiger charge is 2.26. The maximum atomic E-state index is 13.7. The summed E-state index contributed by atoms with van der Waals surface area (Å²) in [6.45, 7) is 6.76. The number of rotatable bonds is 4. The molecule has 1 amide bonds. The zero-order valence-corrected chi connectivity index (χ0v) is 18.8. The van der Waals surface area contributed by atoms with Gasteiger partial charge in [-0.1, -0.05) is 36.4 Å². The number of aromatic hydroxyl groups is 1. The summed E-state index contributed by atoms with van der Waals surface area (Å²) in [6.07, 6.45) is 1.76. The predicted octanol–water partition coefficient (Wildman–Crippen LogP) is 4.35. The highest BCUT2D eigenvalue weighted by Crippen LogP contribution is 2.28. The number of carbonyl (C=O) groups excluding carboxylic acids is 1. The van der Waals surface area contributed by atoms with Crippen LogP contribution in [-0.2, 0) is 0 Å². The average molecular weight is 442 g/mol. The summed E-state index contributed by atoms with van der Waals surface area (Å²) in [7, 11) is 0. The quantitative estimate of drug-likeness (QED) is 0.510. The predicted molar refractivity (Wildman–Crippen MR) is 130 cm³/mol. The summed E-state index contributed by atoms with van der Waals surface area (Å²) >= 11 is 0. The van der Waals surface area contributed by atoms with Crippen LogP contribution in [0.1, 0.15) is 30.2 Å². The Kier molecular flexibility index (Phi) is 5.46. The van der Waals surface area contributed by atoms with Crippen molar-refractivity contribution >= 4 is 22.6 Å². The number of hydrogen-bond donors (Lipinski definition) is 1. The number of hydrogen-bond acceptors (Lipinski definition) is 5. The molecule has 7 heteroatoms. The molecule has 0 radical (unpaired) electrons. The van der Waals surface area contributed by atoms with Crippen LogP contribution in [0.25, 0.3) is 22.3 Å². The van der Waals surface area contributed by atoms with Gasteiger partial charge in [0.15, 0.2) is 5.65 Å². The van der Waals surface area contributed by atoms with Gasteiger partial charge >= 0.3 is 0 Å². The second-order valence-electron chi connectivity index (χ2n) is 8.64. The van der Waals surface area contributed by atoms with Crippen LogP contribution in [0.5, 0.6) is 5.75 Å². The van der Waals surface area contributed by atoms with Crippen molar-refractivity contribution in [3.8, 4) is 17.0 Å². The Morgan fingerprint density at radius 1 is 0.970 bits per heavy atom. The number of carbonyl (C=O) groups is 1. The molecular weight excluding hydrogens is 414 g/mol. The Morgan fingerprint density at radius 3 is 2.42 bits per heavy atom. The molecule has 1 N–H and O–H groups in total. The third-order valence-corrected chi connectivity index (χ3v) is 6.12. The molecule has 3 heterocycles. The maximum absolute atomic E-state index is 13.7. The highest BCUT2D eigenvalue weighted by atomic mass is 16.3. The van der Waals surface area contributed by atoms with Gasteiger partial charge in [-0.3, -0.25) is 4.79 Å². The van der Waals surface area contributed by atoms with Crippen molar-refractivity contribution in [2.75, 3.05) is 31.1 Å². The Hall–Kier alpha value is -3.87. The normalized spacial score (nSPS) is 14.3. The highest BCUT2D eigenvalue weighted by molar-refractivity contribution is 6.06. The maximum Gasteiger partial charge on any atom is 0.254 e. The first-order valence-corrected chi connectivity index (χ1v) is 11.3. The first kappa shape index (κ1) is 21.0. The molecule has 0 spiro atoms. The molecule has 1 saturated heterocycles. The van der Waals surface area contributed by atoms with Gasteiger partial charge in [-0.15, -0.1) is 0 Å². The number of fused-ring (bicyclic) bond motifs is 1. The Morgan fingerprint density at radius 2 is 1.73 bits per heavy atom. The molecule has 0 atom stereocenters. The van der Waals surface area contributed by atoms with Crippen molar-refractivity contribution < 1.29 is 9.90 Å². The minimum atomic E-state index is -0.00144. The minimum absolute atomic E-state index is 0.00144. The number of phenols is 1. The van der Waals surface area contributed by atoms with E-state index in [1.165, 1.54) is 0 Å². The van der Waals surface area contributed by atoms with Crippen LogP contribution in [-0.4, -0.2) is 56.9 Å². The van der Waals surface area contributed by atoms with E-state index in [2.05, 4.69) is 23.8 Å². The molecule has 168 valence electrons. The van der Waals surface area contributed by atoms with Crippen molar-refractivity contribution in [2.45, 2.75) is 19.9 Å². The summed E-state index contributed by atoms with van der Waals surface area (Å²) in [5.74, 6) is 0.249. The molecule has 0 unspecified atom stereocenters. The largest absolute Gasteiger partial charge is 0.508 e. The fourth-order valence-corrected chi connectivity index (χ4v) is 4.36. The van der Waals surface area contributed by atoms with E-state index in [-0.39, 0.29) is 17.7 Å². The van der Waals surface area contributed by atoms with Crippen molar-refractivity contribution in [1.82, 2.24) is 19.7 Å². The van der Waals surface area contributed by atoms with Crippen molar-refractivity contribution in [1.29, 1.82) is 0 Å². The molecule has 33 heavy (non-hydrogen) atoms. The molecular formula is C26H27N5O2. The van der Waals surface area contributed by atoms with Crippen LogP contribution in [0.2, 0.25) is 0 Å². The fourth-order valence-electron chi connectivity index (χ4n) is 4.36. The Balaban J connectivity index is 1.47. The van der Waals surface area contributed by atoms with Gasteiger partial charge in [-0.25, -0.2) is 9.67 Å². The number of benzene rings is 2. The first-order valence-electron chi connectivity index (χ1n) is 11.3. The van der Waals surface area contributed by atoms with E-state index in [0.717, 1.165) is 28.0 Å². The van der Waals surface area contributed by atoms with Gasteiger partial charge < -0.3 is 14.9 Å². The third-order valence-electron chi connectivity index (χ3n) is 6.12. The number of pyridine rings is 1. The number of piperazine rings is 1. The van der Waals surface area contributed by atoms with E-state index in [9.17, 15) is 9.90 Å². The lowest BCUT2D eigenvalue weighted by Crippen LogP contribution is -2.48.